The molecular formula is C16H23NO3. The second-order valence-electron chi connectivity index (χ2n) is 5.33. The van der Waals surface area contributed by atoms with Crippen molar-refractivity contribution in [2.24, 2.45) is 0 Å². The van der Waals surface area contributed by atoms with Gasteiger partial charge in [0.2, 0.25) is 0 Å². The highest BCUT2D eigenvalue weighted by Crippen LogP contribution is 2.15. The number of carbonyl (C=O) groups is 1. The highest BCUT2D eigenvalue weighted by Gasteiger charge is 2.27. The van der Waals surface area contributed by atoms with E-state index >= 15 is 0 Å². The van der Waals surface area contributed by atoms with Crippen LogP contribution in [0.1, 0.15) is 26.3 Å². The van der Waals surface area contributed by atoms with E-state index < -0.39 is 0 Å². The number of carbonyl (C=O) groups excluding carboxylic acids is 1. The Balaban J connectivity index is 1.87. The fourth-order valence-electron chi connectivity index (χ4n) is 2.30. The van der Waals surface area contributed by atoms with Crippen molar-refractivity contribution in [2.75, 3.05) is 19.8 Å². The Kier molecular flexibility index (Phi) is 5.01. The van der Waals surface area contributed by atoms with Crippen LogP contribution in [0.2, 0.25) is 0 Å². The number of benzene rings is 1. The van der Waals surface area contributed by atoms with Gasteiger partial charge >= 0.3 is 0 Å². The maximum atomic E-state index is 12.2. The average Bonchev–Trinajstić information content (AvgIpc) is 2.47. The molecule has 110 valence electrons. The van der Waals surface area contributed by atoms with Gasteiger partial charge in [-0.1, -0.05) is 19.1 Å². The molecule has 0 saturated carbocycles. The lowest BCUT2D eigenvalue weighted by Crippen LogP contribution is -2.51. The zero-order valence-electron chi connectivity index (χ0n) is 12.5. The van der Waals surface area contributed by atoms with Crippen LogP contribution in [-0.4, -0.2) is 42.7 Å². The third-order valence-electron chi connectivity index (χ3n) is 3.62. The molecule has 0 aromatic heterocycles. The molecule has 1 saturated heterocycles. The van der Waals surface area contributed by atoms with Crippen molar-refractivity contribution in [1.29, 1.82) is 0 Å². The first-order valence-electron chi connectivity index (χ1n) is 7.23. The fraction of sp³-hybridized carbons (Fsp3) is 0.562. The monoisotopic (exact) mass is 277 g/mol. The predicted molar refractivity (Wildman–Crippen MR) is 77.9 cm³/mol. The minimum atomic E-state index is 0.0206. The molecule has 0 spiro atoms. The van der Waals surface area contributed by atoms with Crippen LogP contribution in [0.25, 0.3) is 0 Å². The zero-order valence-corrected chi connectivity index (χ0v) is 12.5. The van der Waals surface area contributed by atoms with Gasteiger partial charge in [0.05, 0.1) is 18.8 Å². The van der Waals surface area contributed by atoms with Crippen molar-refractivity contribution >= 4 is 5.91 Å². The summed E-state index contributed by atoms with van der Waals surface area (Å²) in [5.74, 6) is 0.761. The van der Waals surface area contributed by atoms with E-state index in [2.05, 4.69) is 6.92 Å². The van der Waals surface area contributed by atoms with Crippen LogP contribution in [-0.2, 0) is 16.0 Å². The molecule has 1 fully saturated rings. The van der Waals surface area contributed by atoms with Crippen molar-refractivity contribution in [3.63, 3.8) is 0 Å². The second kappa shape index (κ2) is 6.75. The molecule has 4 heteroatoms. The third kappa shape index (κ3) is 3.73. The van der Waals surface area contributed by atoms with E-state index in [9.17, 15) is 4.79 Å². The van der Waals surface area contributed by atoms with Crippen LogP contribution >= 0.6 is 0 Å². The quantitative estimate of drug-likeness (QED) is 0.847. The summed E-state index contributed by atoms with van der Waals surface area (Å²) in [6, 6.07) is 8.00. The lowest BCUT2D eigenvalue weighted by molar-refractivity contribution is -0.145. The summed E-state index contributed by atoms with van der Waals surface area (Å²) in [7, 11) is 0. The molecular weight excluding hydrogens is 254 g/mol. The van der Waals surface area contributed by atoms with Gasteiger partial charge in [0.25, 0.3) is 5.91 Å². The minimum absolute atomic E-state index is 0.0206. The molecule has 0 aliphatic carbocycles. The molecule has 4 nitrogen and oxygen atoms in total. The third-order valence-corrected chi connectivity index (χ3v) is 3.62. The van der Waals surface area contributed by atoms with E-state index in [0.29, 0.717) is 13.2 Å². The Labute approximate surface area is 120 Å². The van der Waals surface area contributed by atoms with Gasteiger partial charge in [-0.15, -0.1) is 0 Å². The van der Waals surface area contributed by atoms with E-state index in [0.717, 1.165) is 12.2 Å². The lowest BCUT2D eigenvalue weighted by atomic mass is 10.2. The number of hydrogen-bond acceptors (Lipinski definition) is 3. The smallest absolute Gasteiger partial charge is 0.260 e. The highest BCUT2D eigenvalue weighted by molar-refractivity contribution is 5.78. The summed E-state index contributed by atoms with van der Waals surface area (Å²) in [5.41, 5.74) is 1.26. The first-order chi connectivity index (χ1) is 9.60. The van der Waals surface area contributed by atoms with Crippen molar-refractivity contribution in [1.82, 2.24) is 4.90 Å². The Hall–Kier alpha value is -1.55. The van der Waals surface area contributed by atoms with E-state index in [1.165, 1.54) is 5.56 Å². The number of amides is 1. The Morgan fingerprint density at radius 1 is 1.35 bits per heavy atom. The molecule has 0 bridgehead atoms. The van der Waals surface area contributed by atoms with Crippen LogP contribution in [0.4, 0.5) is 0 Å². The molecule has 1 aromatic carbocycles. The van der Waals surface area contributed by atoms with Crippen molar-refractivity contribution < 1.29 is 14.3 Å². The van der Waals surface area contributed by atoms with Gasteiger partial charge in [-0.25, -0.2) is 0 Å². The first kappa shape index (κ1) is 14.9. The van der Waals surface area contributed by atoms with E-state index in [1.54, 1.807) is 0 Å². The zero-order chi connectivity index (χ0) is 14.5. The van der Waals surface area contributed by atoms with Crippen molar-refractivity contribution in [3.8, 4) is 5.75 Å². The number of ether oxygens (including phenoxy) is 2. The number of rotatable bonds is 4. The largest absolute Gasteiger partial charge is 0.484 e. The van der Waals surface area contributed by atoms with Crippen LogP contribution in [0.15, 0.2) is 24.3 Å². The Morgan fingerprint density at radius 2 is 2.05 bits per heavy atom. The van der Waals surface area contributed by atoms with Gasteiger partial charge in [0.1, 0.15) is 5.75 Å². The van der Waals surface area contributed by atoms with E-state index in [-0.39, 0.29) is 24.7 Å². The normalized spacial score (nSPS) is 22.6. The topological polar surface area (TPSA) is 38.8 Å². The summed E-state index contributed by atoms with van der Waals surface area (Å²) in [5, 5.41) is 0. The van der Waals surface area contributed by atoms with Crippen LogP contribution < -0.4 is 4.74 Å². The molecule has 1 aromatic rings. The number of nitrogens with zero attached hydrogens (tertiary/aromatic N) is 1. The number of aryl methyl sites for hydroxylation is 1. The first-order valence-corrected chi connectivity index (χ1v) is 7.23. The molecule has 1 heterocycles. The molecule has 0 N–H and O–H groups in total. The second-order valence-corrected chi connectivity index (χ2v) is 5.33. The highest BCUT2D eigenvalue weighted by atomic mass is 16.5. The summed E-state index contributed by atoms with van der Waals surface area (Å²) in [4.78, 5) is 14.0. The van der Waals surface area contributed by atoms with Gasteiger partial charge in [0.15, 0.2) is 6.61 Å². The van der Waals surface area contributed by atoms with E-state index in [4.69, 9.17) is 9.47 Å². The molecule has 2 unspecified atom stereocenters. The maximum absolute atomic E-state index is 12.2. The van der Waals surface area contributed by atoms with Gasteiger partial charge in [0, 0.05) is 6.54 Å². The fourth-order valence-corrected chi connectivity index (χ4v) is 2.30. The molecule has 1 amide bonds. The summed E-state index contributed by atoms with van der Waals surface area (Å²) < 4.78 is 11.1. The van der Waals surface area contributed by atoms with Crippen LogP contribution in [0, 0.1) is 0 Å². The molecule has 20 heavy (non-hydrogen) atoms. The van der Waals surface area contributed by atoms with Crippen molar-refractivity contribution in [3.05, 3.63) is 29.8 Å². The molecule has 2 atom stereocenters. The SMILES string of the molecule is CCc1ccc(OCC(=O)N2CC(C)OCC2C)cc1. The molecule has 2 rings (SSSR count). The summed E-state index contributed by atoms with van der Waals surface area (Å²) >= 11 is 0. The van der Waals surface area contributed by atoms with Gasteiger partial charge in [-0.3, -0.25) is 4.79 Å². The van der Waals surface area contributed by atoms with Gasteiger partial charge in [-0.05, 0) is 38.0 Å². The summed E-state index contributed by atoms with van der Waals surface area (Å²) in [6.07, 6.45) is 1.10. The molecule has 1 aliphatic heterocycles. The van der Waals surface area contributed by atoms with Crippen LogP contribution in [0.5, 0.6) is 5.75 Å². The van der Waals surface area contributed by atoms with Gasteiger partial charge < -0.3 is 14.4 Å². The standard InChI is InChI=1S/C16H23NO3/c1-4-14-5-7-15(8-6-14)20-11-16(18)17-9-13(3)19-10-12(17)2/h5-8,12-13H,4,9-11H2,1-3H3. The maximum Gasteiger partial charge on any atom is 0.260 e. The minimum Gasteiger partial charge on any atom is -0.484 e. The average molecular weight is 277 g/mol. The lowest BCUT2D eigenvalue weighted by Gasteiger charge is -2.36. The molecule has 0 radical (unpaired) electrons. The van der Waals surface area contributed by atoms with Crippen molar-refractivity contribution in [2.45, 2.75) is 39.3 Å². The van der Waals surface area contributed by atoms with E-state index in [1.807, 2.05) is 43.0 Å². The summed E-state index contributed by atoms with van der Waals surface area (Å²) in [6.45, 7) is 7.41. The predicted octanol–water partition coefficient (Wildman–Crippen LogP) is 2.26. The Morgan fingerprint density at radius 3 is 2.70 bits per heavy atom. The molecule has 1 aliphatic rings. The van der Waals surface area contributed by atoms with Crippen LogP contribution in [0.3, 0.4) is 0 Å². The number of morpholine rings is 1. The van der Waals surface area contributed by atoms with Gasteiger partial charge in [-0.2, -0.15) is 0 Å². The number of hydrogen-bond donors (Lipinski definition) is 0. The Bertz CT molecular complexity index is 444.